The SMILES string of the molecule is COc1ccccc1NC(=O)Cn1c(SCCc2ccccc2)nc(C)cc1=O. The molecule has 2 aromatic carbocycles. The van der Waals surface area contributed by atoms with Gasteiger partial charge >= 0.3 is 0 Å². The van der Waals surface area contributed by atoms with Gasteiger partial charge in [-0.2, -0.15) is 0 Å². The largest absolute Gasteiger partial charge is 0.495 e. The molecular weight excluding hydrogens is 386 g/mol. The number of thioether (sulfide) groups is 1. The molecule has 3 rings (SSSR count). The van der Waals surface area contributed by atoms with Crippen molar-refractivity contribution in [2.75, 3.05) is 18.2 Å². The minimum Gasteiger partial charge on any atom is -0.495 e. The molecule has 6 nitrogen and oxygen atoms in total. The van der Waals surface area contributed by atoms with E-state index in [9.17, 15) is 9.59 Å². The number of nitrogens with zero attached hydrogens (tertiary/aromatic N) is 2. The van der Waals surface area contributed by atoms with Gasteiger partial charge in [-0.25, -0.2) is 4.98 Å². The molecule has 0 unspecified atom stereocenters. The topological polar surface area (TPSA) is 73.2 Å². The average molecular weight is 410 g/mol. The van der Waals surface area contributed by atoms with E-state index in [1.54, 1.807) is 26.2 Å². The van der Waals surface area contributed by atoms with Crippen LogP contribution in [0, 0.1) is 6.92 Å². The summed E-state index contributed by atoms with van der Waals surface area (Å²) in [7, 11) is 1.54. The predicted octanol–water partition coefficient (Wildman–Crippen LogP) is 3.53. The molecule has 0 atom stereocenters. The van der Waals surface area contributed by atoms with E-state index >= 15 is 0 Å². The molecule has 0 aliphatic carbocycles. The molecule has 0 spiro atoms. The number of aryl methyl sites for hydroxylation is 2. The van der Waals surface area contributed by atoms with Crippen LogP contribution in [0.1, 0.15) is 11.3 Å². The molecule has 0 aliphatic heterocycles. The first-order valence-corrected chi connectivity index (χ1v) is 10.2. The Morgan fingerprint density at radius 3 is 2.62 bits per heavy atom. The zero-order valence-electron chi connectivity index (χ0n) is 16.4. The van der Waals surface area contributed by atoms with Crippen molar-refractivity contribution < 1.29 is 9.53 Å². The molecule has 29 heavy (non-hydrogen) atoms. The van der Waals surface area contributed by atoms with Gasteiger partial charge in [0, 0.05) is 17.5 Å². The number of aromatic nitrogens is 2. The van der Waals surface area contributed by atoms with Gasteiger partial charge in [0.15, 0.2) is 5.16 Å². The lowest BCUT2D eigenvalue weighted by atomic mass is 10.2. The normalized spacial score (nSPS) is 10.6. The summed E-state index contributed by atoms with van der Waals surface area (Å²) in [6.07, 6.45) is 0.850. The Kier molecular flexibility index (Phi) is 7.08. The van der Waals surface area contributed by atoms with Crippen LogP contribution in [-0.4, -0.2) is 28.3 Å². The number of methoxy groups -OCH3 is 1. The lowest BCUT2D eigenvalue weighted by Crippen LogP contribution is -2.29. The van der Waals surface area contributed by atoms with Gasteiger partial charge in [-0.3, -0.25) is 14.2 Å². The first-order chi connectivity index (χ1) is 14.1. The second-order valence-corrected chi connectivity index (χ2v) is 7.50. The van der Waals surface area contributed by atoms with Crippen LogP contribution in [0.5, 0.6) is 5.75 Å². The van der Waals surface area contributed by atoms with Crippen LogP contribution < -0.4 is 15.6 Å². The quantitative estimate of drug-likeness (QED) is 0.455. The average Bonchev–Trinajstić information content (AvgIpc) is 2.71. The van der Waals surface area contributed by atoms with E-state index in [2.05, 4.69) is 22.4 Å². The summed E-state index contributed by atoms with van der Waals surface area (Å²) >= 11 is 1.47. The van der Waals surface area contributed by atoms with Crippen molar-refractivity contribution in [2.45, 2.75) is 25.0 Å². The van der Waals surface area contributed by atoms with Crippen LogP contribution >= 0.6 is 11.8 Å². The maximum absolute atomic E-state index is 12.6. The summed E-state index contributed by atoms with van der Waals surface area (Å²) < 4.78 is 6.67. The van der Waals surface area contributed by atoms with Crippen molar-refractivity contribution in [1.82, 2.24) is 9.55 Å². The standard InChI is InChI=1S/C22H23N3O3S/c1-16-14-21(27)25(15-20(26)24-18-10-6-7-11-19(18)28-2)22(23-16)29-13-12-17-8-4-3-5-9-17/h3-11,14H,12-13,15H2,1-2H3,(H,24,26). The Morgan fingerprint density at radius 1 is 1.14 bits per heavy atom. The highest BCUT2D eigenvalue weighted by Gasteiger charge is 2.13. The molecule has 7 heteroatoms. The number of carbonyl (C=O) groups is 1. The smallest absolute Gasteiger partial charge is 0.254 e. The Morgan fingerprint density at radius 2 is 1.86 bits per heavy atom. The van der Waals surface area contributed by atoms with E-state index in [4.69, 9.17) is 4.74 Å². The third-order valence-corrected chi connectivity index (χ3v) is 5.23. The van der Waals surface area contributed by atoms with Crippen molar-refractivity contribution in [3.05, 3.63) is 82.3 Å². The fraction of sp³-hybridized carbons (Fsp3) is 0.227. The maximum atomic E-state index is 12.6. The number of rotatable bonds is 8. The molecule has 3 aromatic rings. The highest BCUT2D eigenvalue weighted by molar-refractivity contribution is 7.99. The molecule has 1 amide bonds. The van der Waals surface area contributed by atoms with Crippen LogP contribution in [0.15, 0.2) is 70.6 Å². The third-order valence-electron chi connectivity index (χ3n) is 4.25. The van der Waals surface area contributed by atoms with E-state index in [1.165, 1.54) is 28.0 Å². The van der Waals surface area contributed by atoms with Crippen LogP contribution in [-0.2, 0) is 17.8 Å². The van der Waals surface area contributed by atoms with Crippen LogP contribution in [0.4, 0.5) is 5.69 Å². The number of benzene rings is 2. The van der Waals surface area contributed by atoms with Gasteiger partial charge in [-0.1, -0.05) is 54.2 Å². The summed E-state index contributed by atoms with van der Waals surface area (Å²) in [5.41, 5.74) is 2.18. The molecule has 0 saturated carbocycles. The third kappa shape index (κ3) is 5.71. The number of ether oxygens (including phenoxy) is 1. The molecule has 0 fully saturated rings. The first kappa shape index (κ1) is 20.7. The lowest BCUT2D eigenvalue weighted by molar-refractivity contribution is -0.116. The summed E-state index contributed by atoms with van der Waals surface area (Å²) in [4.78, 5) is 29.6. The van der Waals surface area contributed by atoms with Crippen molar-refractivity contribution in [3.8, 4) is 5.75 Å². The Hall–Kier alpha value is -3.06. The van der Waals surface area contributed by atoms with Crippen LogP contribution in [0.2, 0.25) is 0 Å². The van der Waals surface area contributed by atoms with Gasteiger partial charge in [0.1, 0.15) is 12.3 Å². The summed E-state index contributed by atoms with van der Waals surface area (Å²) in [5.74, 6) is 1.01. The Balaban J connectivity index is 1.72. The number of nitrogens with one attached hydrogen (secondary N) is 1. The number of amides is 1. The molecule has 150 valence electrons. The molecule has 0 aliphatic rings. The van der Waals surface area contributed by atoms with E-state index in [0.717, 1.165) is 12.2 Å². The highest BCUT2D eigenvalue weighted by atomic mass is 32.2. The zero-order chi connectivity index (χ0) is 20.6. The fourth-order valence-electron chi connectivity index (χ4n) is 2.84. The first-order valence-electron chi connectivity index (χ1n) is 9.25. The van der Waals surface area contributed by atoms with Gasteiger partial charge in [0.2, 0.25) is 5.91 Å². The van der Waals surface area contributed by atoms with Gasteiger partial charge < -0.3 is 10.1 Å². The van der Waals surface area contributed by atoms with Crippen molar-refractivity contribution in [3.63, 3.8) is 0 Å². The van der Waals surface area contributed by atoms with Gasteiger partial charge in [0.25, 0.3) is 5.56 Å². The maximum Gasteiger partial charge on any atom is 0.254 e. The van der Waals surface area contributed by atoms with Crippen LogP contribution in [0.3, 0.4) is 0 Å². The molecular formula is C22H23N3O3S. The van der Waals surface area contributed by atoms with Gasteiger partial charge in [-0.15, -0.1) is 0 Å². The number of hydrogen-bond donors (Lipinski definition) is 1. The molecule has 1 heterocycles. The Bertz CT molecular complexity index is 1030. The molecule has 0 radical (unpaired) electrons. The summed E-state index contributed by atoms with van der Waals surface area (Å²) in [6, 6.07) is 18.7. The van der Waals surface area contributed by atoms with Gasteiger partial charge in [-0.05, 0) is 31.0 Å². The second-order valence-electron chi connectivity index (χ2n) is 6.44. The van der Waals surface area contributed by atoms with E-state index in [-0.39, 0.29) is 18.0 Å². The van der Waals surface area contributed by atoms with Gasteiger partial charge in [0.05, 0.1) is 12.8 Å². The number of anilines is 1. The van der Waals surface area contributed by atoms with Crippen LogP contribution in [0.25, 0.3) is 0 Å². The monoisotopic (exact) mass is 409 g/mol. The number of carbonyl (C=O) groups excluding carboxylic acids is 1. The van der Waals surface area contributed by atoms with Crippen molar-refractivity contribution in [1.29, 1.82) is 0 Å². The molecule has 0 bridgehead atoms. The predicted molar refractivity (Wildman–Crippen MR) is 116 cm³/mol. The minimum atomic E-state index is -0.313. The highest BCUT2D eigenvalue weighted by Crippen LogP contribution is 2.23. The zero-order valence-corrected chi connectivity index (χ0v) is 17.2. The van der Waals surface area contributed by atoms with E-state index in [0.29, 0.717) is 22.3 Å². The fourth-order valence-corrected chi connectivity index (χ4v) is 3.88. The molecule has 1 N–H and O–H groups in total. The Labute approximate surface area is 173 Å². The van der Waals surface area contributed by atoms with E-state index in [1.807, 2.05) is 30.3 Å². The molecule has 1 aromatic heterocycles. The number of hydrogen-bond acceptors (Lipinski definition) is 5. The minimum absolute atomic E-state index is 0.113. The summed E-state index contributed by atoms with van der Waals surface area (Å²) in [6.45, 7) is 1.67. The van der Waals surface area contributed by atoms with Crippen molar-refractivity contribution >= 4 is 23.4 Å². The second kappa shape index (κ2) is 9.93. The van der Waals surface area contributed by atoms with E-state index < -0.39 is 0 Å². The molecule has 0 saturated heterocycles. The number of para-hydroxylation sites is 2. The summed E-state index contributed by atoms with van der Waals surface area (Å²) in [5, 5.41) is 3.34. The van der Waals surface area contributed by atoms with Crippen molar-refractivity contribution in [2.24, 2.45) is 0 Å². The lowest BCUT2D eigenvalue weighted by Gasteiger charge is -2.13.